The number of pyridine rings is 1. The summed E-state index contributed by atoms with van der Waals surface area (Å²) in [6.45, 7) is 0.361. The molecule has 0 bridgehead atoms. The SMILES string of the molecule is O=C(NCc1ccoc1)Nc1cccc(NC(=O)c2cccnc2)c1. The van der Waals surface area contributed by atoms with E-state index in [0.29, 0.717) is 23.5 Å². The van der Waals surface area contributed by atoms with Gasteiger partial charge in [-0.05, 0) is 36.4 Å². The first-order chi connectivity index (χ1) is 12.2. The number of rotatable bonds is 5. The molecule has 0 unspecified atom stereocenters. The first kappa shape index (κ1) is 16.3. The van der Waals surface area contributed by atoms with Gasteiger partial charge >= 0.3 is 6.03 Å². The predicted octanol–water partition coefficient (Wildman–Crippen LogP) is 3.25. The quantitative estimate of drug-likeness (QED) is 0.666. The second-order valence-corrected chi connectivity index (χ2v) is 5.22. The number of nitrogens with one attached hydrogen (secondary N) is 3. The number of urea groups is 1. The molecule has 2 aromatic heterocycles. The van der Waals surface area contributed by atoms with E-state index < -0.39 is 0 Å². The highest BCUT2D eigenvalue weighted by Crippen LogP contribution is 2.16. The van der Waals surface area contributed by atoms with Gasteiger partial charge in [0.1, 0.15) is 0 Å². The Balaban J connectivity index is 1.57. The number of hydrogen-bond donors (Lipinski definition) is 3. The van der Waals surface area contributed by atoms with Gasteiger partial charge in [0, 0.05) is 35.9 Å². The summed E-state index contributed by atoms with van der Waals surface area (Å²) < 4.78 is 4.94. The minimum absolute atomic E-state index is 0.269. The van der Waals surface area contributed by atoms with E-state index >= 15 is 0 Å². The van der Waals surface area contributed by atoms with Crippen LogP contribution in [0.4, 0.5) is 16.2 Å². The predicted molar refractivity (Wildman–Crippen MR) is 93.2 cm³/mol. The fourth-order valence-electron chi connectivity index (χ4n) is 2.13. The van der Waals surface area contributed by atoms with E-state index in [9.17, 15) is 9.59 Å². The molecule has 3 rings (SSSR count). The average Bonchev–Trinajstić information content (AvgIpc) is 3.15. The maximum absolute atomic E-state index is 12.1. The number of anilines is 2. The Morgan fingerprint density at radius 2 is 1.88 bits per heavy atom. The zero-order valence-electron chi connectivity index (χ0n) is 13.2. The van der Waals surface area contributed by atoms with Gasteiger partial charge in [-0.2, -0.15) is 0 Å². The maximum atomic E-state index is 12.1. The number of carbonyl (C=O) groups excluding carboxylic acids is 2. The minimum Gasteiger partial charge on any atom is -0.472 e. The van der Waals surface area contributed by atoms with Crippen LogP contribution in [0.1, 0.15) is 15.9 Å². The van der Waals surface area contributed by atoms with E-state index in [1.165, 1.54) is 6.20 Å². The monoisotopic (exact) mass is 336 g/mol. The number of furan rings is 1. The molecule has 0 saturated carbocycles. The minimum atomic E-state index is -0.350. The van der Waals surface area contributed by atoms with Crippen LogP contribution in [0, 0.1) is 0 Å². The van der Waals surface area contributed by atoms with Gasteiger partial charge in [-0.3, -0.25) is 9.78 Å². The Labute approximate surface area is 144 Å². The van der Waals surface area contributed by atoms with Gasteiger partial charge in [0.2, 0.25) is 0 Å². The summed E-state index contributed by atoms with van der Waals surface area (Å²) >= 11 is 0. The maximum Gasteiger partial charge on any atom is 0.319 e. The van der Waals surface area contributed by atoms with Crippen LogP contribution in [0.2, 0.25) is 0 Å². The highest BCUT2D eigenvalue weighted by atomic mass is 16.3. The van der Waals surface area contributed by atoms with E-state index in [1.54, 1.807) is 61.2 Å². The summed E-state index contributed by atoms with van der Waals surface area (Å²) in [6, 6.07) is 11.7. The van der Waals surface area contributed by atoms with E-state index in [1.807, 2.05) is 0 Å². The molecule has 0 spiro atoms. The number of aromatic nitrogens is 1. The fraction of sp³-hybridized carbons (Fsp3) is 0.0556. The van der Waals surface area contributed by atoms with Crippen molar-refractivity contribution in [3.05, 3.63) is 78.5 Å². The molecule has 25 heavy (non-hydrogen) atoms. The Bertz CT molecular complexity index is 848. The molecule has 7 heteroatoms. The normalized spacial score (nSPS) is 10.1. The third-order valence-corrected chi connectivity index (χ3v) is 3.34. The fourth-order valence-corrected chi connectivity index (χ4v) is 2.13. The molecule has 0 aliphatic carbocycles. The lowest BCUT2D eigenvalue weighted by molar-refractivity contribution is 0.102. The lowest BCUT2D eigenvalue weighted by atomic mass is 10.2. The largest absolute Gasteiger partial charge is 0.472 e. The topological polar surface area (TPSA) is 96.3 Å². The van der Waals surface area contributed by atoms with Crippen molar-refractivity contribution >= 4 is 23.3 Å². The average molecular weight is 336 g/mol. The van der Waals surface area contributed by atoms with Crippen LogP contribution in [0.15, 0.2) is 71.8 Å². The highest BCUT2D eigenvalue weighted by molar-refractivity contribution is 6.04. The zero-order valence-corrected chi connectivity index (χ0v) is 13.2. The van der Waals surface area contributed by atoms with Gasteiger partial charge in [-0.15, -0.1) is 0 Å². The summed E-state index contributed by atoms with van der Waals surface area (Å²) in [5.41, 5.74) is 2.46. The van der Waals surface area contributed by atoms with Crippen molar-refractivity contribution < 1.29 is 14.0 Å². The van der Waals surface area contributed by atoms with E-state index in [2.05, 4.69) is 20.9 Å². The van der Waals surface area contributed by atoms with Gasteiger partial charge in [0.25, 0.3) is 5.91 Å². The molecule has 0 saturated heterocycles. The summed E-state index contributed by atoms with van der Waals surface area (Å²) in [7, 11) is 0. The molecule has 126 valence electrons. The summed E-state index contributed by atoms with van der Waals surface area (Å²) in [4.78, 5) is 27.9. The Morgan fingerprint density at radius 3 is 2.60 bits per heavy atom. The smallest absolute Gasteiger partial charge is 0.319 e. The lowest BCUT2D eigenvalue weighted by Crippen LogP contribution is -2.28. The van der Waals surface area contributed by atoms with Crippen LogP contribution in [-0.4, -0.2) is 16.9 Å². The zero-order chi connectivity index (χ0) is 17.5. The second kappa shape index (κ2) is 7.78. The Morgan fingerprint density at radius 1 is 1.04 bits per heavy atom. The molecule has 3 aromatic rings. The molecule has 7 nitrogen and oxygen atoms in total. The molecule has 1 aromatic carbocycles. The molecular formula is C18H16N4O3. The Hall–Kier alpha value is -3.61. The first-order valence-electron chi connectivity index (χ1n) is 7.58. The summed E-state index contributed by atoms with van der Waals surface area (Å²) in [5.74, 6) is -0.269. The van der Waals surface area contributed by atoms with Crippen molar-refractivity contribution in [3.8, 4) is 0 Å². The van der Waals surface area contributed by atoms with Crippen molar-refractivity contribution in [1.29, 1.82) is 0 Å². The third kappa shape index (κ3) is 4.68. The number of carbonyl (C=O) groups is 2. The van der Waals surface area contributed by atoms with Crippen molar-refractivity contribution in [2.45, 2.75) is 6.54 Å². The van der Waals surface area contributed by atoms with Crippen molar-refractivity contribution in [1.82, 2.24) is 10.3 Å². The van der Waals surface area contributed by atoms with Crippen LogP contribution in [-0.2, 0) is 6.54 Å². The molecule has 2 heterocycles. The van der Waals surface area contributed by atoms with Crippen LogP contribution in [0.5, 0.6) is 0 Å². The van der Waals surface area contributed by atoms with E-state index in [0.717, 1.165) is 5.56 Å². The van der Waals surface area contributed by atoms with Crippen LogP contribution in [0.25, 0.3) is 0 Å². The van der Waals surface area contributed by atoms with Crippen molar-refractivity contribution in [2.24, 2.45) is 0 Å². The number of amides is 3. The molecule has 0 aliphatic rings. The molecule has 3 amide bonds. The molecular weight excluding hydrogens is 320 g/mol. The number of benzene rings is 1. The first-order valence-corrected chi connectivity index (χ1v) is 7.58. The van der Waals surface area contributed by atoms with E-state index in [4.69, 9.17) is 4.42 Å². The van der Waals surface area contributed by atoms with Crippen molar-refractivity contribution in [3.63, 3.8) is 0 Å². The standard InChI is InChI=1S/C18H16N4O3/c23-17(14-3-2-7-19-11-14)21-15-4-1-5-16(9-15)22-18(24)20-10-13-6-8-25-12-13/h1-9,11-12H,10H2,(H,21,23)(H2,20,22,24). The van der Waals surface area contributed by atoms with Gasteiger partial charge < -0.3 is 20.4 Å². The number of hydrogen-bond acceptors (Lipinski definition) is 4. The van der Waals surface area contributed by atoms with Gasteiger partial charge in [-0.1, -0.05) is 6.07 Å². The van der Waals surface area contributed by atoms with Crippen LogP contribution in [0.3, 0.4) is 0 Å². The molecule has 0 radical (unpaired) electrons. The molecule has 0 atom stereocenters. The van der Waals surface area contributed by atoms with E-state index in [-0.39, 0.29) is 11.9 Å². The summed E-state index contributed by atoms with van der Waals surface area (Å²) in [6.07, 6.45) is 6.20. The van der Waals surface area contributed by atoms with Crippen LogP contribution >= 0.6 is 0 Å². The molecule has 0 aliphatic heterocycles. The summed E-state index contributed by atoms with van der Waals surface area (Å²) in [5, 5.41) is 8.19. The molecule has 0 fully saturated rings. The second-order valence-electron chi connectivity index (χ2n) is 5.22. The Kier molecular flexibility index (Phi) is 5.06. The van der Waals surface area contributed by atoms with Gasteiger partial charge in [0.05, 0.1) is 18.1 Å². The number of nitrogens with zero attached hydrogens (tertiary/aromatic N) is 1. The van der Waals surface area contributed by atoms with Crippen molar-refractivity contribution in [2.75, 3.05) is 10.6 Å². The van der Waals surface area contributed by atoms with Gasteiger partial charge in [0.15, 0.2) is 0 Å². The van der Waals surface area contributed by atoms with Crippen LogP contribution < -0.4 is 16.0 Å². The molecule has 3 N–H and O–H groups in total. The highest BCUT2D eigenvalue weighted by Gasteiger charge is 2.07. The van der Waals surface area contributed by atoms with Gasteiger partial charge in [-0.25, -0.2) is 4.79 Å². The third-order valence-electron chi connectivity index (χ3n) is 3.34. The lowest BCUT2D eigenvalue weighted by Gasteiger charge is -2.09.